The van der Waals surface area contributed by atoms with E-state index in [1.165, 1.54) is 12.4 Å². The number of pyridine rings is 1. The number of rotatable bonds is 5. The van der Waals surface area contributed by atoms with Gasteiger partial charge in [-0.2, -0.15) is 0 Å². The van der Waals surface area contributed by atoms with E-state index in [0.717, 1.165) is 0 Å². The molecule has 0 fully saturated rings. The van der Waals surface area contributed by atoms with E-state index in [1.807, 2.05) is 20.8 Å². The van der Waals surface area contributed by atoms with E-state index in [0.29, 0.717) is 22.9 Å². The van der Waals surface area contributed by atoms with Gasteiger partial charge in [0, 0.05) is 16.9 Å². The van der Waals surface area contributed by atoms with Crippen molar-refractivity contribution in [2.24, 2.45) is 5.41 Å². The highest BCUT2D eigenvalue weighted by atomic mass is 79.9. The molecule has 1 unspecified atom stereocenters. The second kappa shape index (κ2) is 6.83. The Balaban J connectivity index is 2.74. The van der Waals surface area contributed by atoms with Gasteiger partial charge in [0.25, 0.3) is 5.91 Å². The van der Waals surface area contributed by atoms with E-state index >= 15 is 0 Å². The first-order valence-electron chi connectivity index (χ1n) is 6.34. The molecule has 1 atom stereocenters. The summed E-state index contributed by atoms with van der Waals surface area (Å²) in [5.41, 5.74) is 0.400. The lowest BCUT2D eigenvalue weighted by Crippen LogP contribution is -2.41. The van der Waals surface area contributed by atoms with Crippen molar-refractivity contribution in [2.75, 3.05) is 0 Å². The Bertz CT molecular complexity index is 497. The molecule has 1 heterocycles. The predicted molar refractivity (Wildman–Crippen MR) is 79.5 cm³/mol. The number of nitrogens with one attached hydrogen (secondary N) is 1. The molecule has 20 heavy (non-hydrogen) atoms. The SMILES string of the molecule is CC(C)(C)CCC(NC(=O)c1ccncc1Br)C(=O)O. The number of carboxylic acid groups (broad SMARTS) is 1. The maximum Gasteiger partial charge on any atom is 0.326 e. The van der Waals surface area contributed by atoms with Crippen LogP contribution >= 0.6 is 15.9 Å². The molecule has 6 heteroatoms. The number of aliphatic carboxylic acids is 1. The minimum absolute atomic E-state index is 0.0235. The minimum atomic E-state index is -1.02. The smallest absolute Gasteiger partial charge is 0.326 e. The number of nitrogens with zero attached hydrogens (tertiary/aromatic N) is 1. The summed E-state index contributed by atoms with van der Waals surface area (Å²) in [6.45, 7) is 6.10. The van der Waals surface area contributed by atoms with Crippen molar-refractivity contribution in [3.05, 3.63) is 28.5 Å². The Morgan fingerprint density at radius 3 is 2.60 bits per heavy atom. The normalized spacial score (nSPS) is 12.8. The Morgan fingerprint density at radius 1 is 1.45 bits per heavy atom. The molecule has 110 valence electrons. The summed E-state index contributed by atoms with van der Waals surface area (Å²) in [7, 11) is 0. The molecule has 0 aliphatic carbocycles. The van der Waals surface area contributed by atoms with Crippen molar-refractivity contribution in [3.63, 3.8) is 0 Å². The van der Waals surface area contributed by atoms with Crippen LogP contribution in [-0.2, 0) is 4.79 Å². The average Bonchev–Trinajstić information content (AvgIpc) is 2.33. The van der Waals surface area contributed by atoms with E-state index in [9.17, 15) is 14.7 Å². The van der Waals surface area contributed by atoms with Gasteiger partial charge in [-0.1, -0.05) is 20.8 Å². The first kappa shape index (κ1) is 16.6. The highest BCUT2D eigenvalue weighted by molar-refractivity contribution is 9.10. The Labute approximate surface area is 126 Å². The first-order valence-corrected chi connectivity index (χ1v) is 7.13. The zero-order valence-electron chi connectivity index (χ0n) is 11.8. The molecule has 0 radical (unpaired) electrons. The maximum absolute atomic E-state index is 12.1. The molecule has 0 spiro atoms. The van der Waals surface area contributed by atoms with Crippen molar-refractivity contribution in [1.29, 1.82) is 0 Å². The van der Waals surface area contributed by atoms with Crippen LogP contribution in [0, 0.1) is 5.41 Å². The highest BCUT2D eigenvalue weighted by Crippen LogP contribution is 2.22. The Morgan fingerprint density at radius 2 is 2.10 bits per heavy atom. The number of carbonyl (C=O) groups is 2. The van der Waals surface area contributed by atoms with Crippen molar-refractivity contribution in [2.45, 2.75) is 39.7 Å². The second-order valence-corrected chi connectivity index (χ2v) is 6.67. The summed E-state index contributed by atoms with van der Waals surface area (Å²) in [6.07, 6.45) is 4.10. The molecule has 0 saturated heterocycles. The summed E-state index contributed by atoms with van der Waals surface area (Å²) >= 11 is 3.22. The van der Waals surface area contributed by atoms with Gasteiger partial charge in [0.05, 0.1) is 5.56 Å². The van der Waals surface area contributed by atoms with E-state index in [4.69, 9.17) is 0 Å². The van der Waals surface area contributed by atoms with Crippen molar-refractivity contribution < 1.29 is 14.7 Å². The molecular formula is C14H19BrN2O3. The highest BCUT2D eigenvalue weighted by Gasteiger charge is 2.23. The fraction of sp³-hybridized carbons (Fsp3) is 0.500. The number of carbonyl (C=O) groups excluding carboxylic acids is 1. The number of amides is 1. The van der Waals surface area contributed by atoms with Crippen molar-refractivity contribution in [1.82, 2.24) is 10.3 Å². The van der Waals surface area contributed by atoms with Crippen LogP contribution in [0.15, 0.2) is 22.9 Å². The maximum atomic E-state index is 12.1. The zero-order chi connectivity index (χ0) is 15.3. The number of halogens is 1. The third-order valence-electron chi connectivity index (χ3n) is 2.80. The Kier molecular flexibility index (Phi) is 5.68. The van der Waals surface area contributed by atoms with Crippen LogP contribution < -0.4 is 5.32 Å². The van der Waals surface area contributed by atoms with Gasteiger partial charge in [-0.3, -0.25) is 9.78 Å². The van der Waals surface area contributed by atoms with Crippen LogP contribution in [0.25, 0.3) is 0 Å². The minimum Gasteiger partial charge on any atom is -0.480 e. The monoisotopic (exact) mass is 342 g/mol. The van der Waals surface area contributed by atoms with Gasteiger partial charge in [0.2, 0.25) is 0 Å². The quantitative estimate of drug-likeness (QED) is 0.862. The third-order valence-corrected chi connectivity index (χ3v) is 3.44. The molecule has 0 saturated carbocycles. The second-order valence-electron chi connectivity index (χ2n) is 5.82. The lowest BCUT2D eigenvalue weighted by molar-refractivity contribution is -0.139. The largest absolute Gasteiger partial charge is 0.480 e. The molecule has 1 rings (SSSR count). The van der Waals surface area contributed by atoms with Gasteiger partial charge in [0.1, 0.15) is 6.04 Å². The van der Waals surface area contributed by atoms with Crippen LogP contribution in [0.1, 0.15) is 44.0 Å². The number of hydrogen-bond donors (Lipinski definition) is 2. The van der Waals surface area contributed by atoms with Gasteiger partial charge < -0.3 is 10.4 Å². The summed E-state index contributed by atoms with van der Waals surface area (Å²) in [4.78, 5) is 27.2. The zero-order valence-corrected chi connectivity index (χ0v) is 13.4. The Hall–Kier alpha value is -1.43. The predicted octanol–water partition coefficient (Wildman–Crippen LogP) is 2.85. The van der Waals surface area contributed by atoms with Gasteiger partial charge >= 0.3 is 5.97 Å². The number of carboxylic acids is 1. The van der Waals surface area contributed by atoms with Crippen LogP contribution in [0.2, 0.25) is 0 Å². The lowest BCUT2D eigenvalue weighted by atomic mass is 9.88. The molecule has 0 bridgehead atoms. The molecule has 5 nitrogen and oxygen atoms in total. The van der Waals surface area contributed by atoms with Gasteiger partial charge in [-0.15, -0.1) is 0 Å². The van der Waals surface area contributed by atoms with Crippen LogP contribution in [0.3, 0.4) is 0 Å². The molecule has 0 aliphatic rings. The number of hydrogen-bond acceptors (Lipinski definition) is 3. The van der Waals surface area contributed by atoms with E-state index in [-0.39, 0.29) is 5.41 Å². The summed E-state index contributed by atoms with van der Waals surface area (Å²) < 4.78 is 0.539. The first-order chi connectivity index (χ1) is 9.20. The van der Waals surface area contributed by atoms with Gasteiger partial charge in [0.15, 0.2) is 0 Å². The van der Waals surface area contributed by atoms with Gasteiger partial charge in [-0.05, 0) is 40.3 Å². The van der Waals surface area contributed by atoms with E-state index in [1.54, 1.807) is 6.07 Å². The molecule has 0 aliphatic heterocycles. The molecule has 1 aromatic heterocycles. The fourth-order valence-electron chi connectivity index (χ4n) is 1.63. The third kappa shape index (κ3) is 5.28. The summed E-state index contributed by atoms with van der Waals surface area (Å²) in [6, 6.07) is 0.657. The molecule has 0 aromatic carbocycles. The van der Waals surface area contributed by atoms with E-state index in [2.05, 4.69) is 26.2 Å². The molecule has 2 N–H and O–H groups in total. The lowest BCUT2D eigenvalue weighted by Gasteiger charge is -2.21. The van der Waals surface area contributed by atoms with Crippen LogP contribution in [0.5, 0.6) is 0 Å². The number of aromatic nitrogens is 1. The molecule has 1 amide bonds. The fourth-order valence-corrected chi connectivity index (χ4v) is 2.06. The molecular weight excluding hydrogens is 324 g/mol. The van der Waals surface area contributed by atoms with E-state index < -0.39 is 17.9 Å². The standard InChI is InChI=1S/C14H19BrN2O3/c1-14(2,3)6-4-11(13(19)20)17-12(18)9-5-7-16-8-10(9)15/h5,7-8,11H,4,6H2,1-3H3,(H,17,18)(H,19,20). The van der Waals surface area contributed by atoms with Crippen molar-refractivity contribution in [3.8, 4) is 0 Å². The topological polar surface area (TPSA) is 79.3 Å². The summed E-state index contributed by atoms with van der Waals surface area (Å²) in [5, 5.41) is 11.7. The molecule has 1 aromatic rings. The van der Waals surface area contributed by atoms with Crippen LogP contribution in [0.4, 0.5) is 0 Å². The summed E-state index contributed by atoms with van der Waals surface area (Å²) in [5.74, 6) is -1.44. The van der Waals surface area contributed by atoms with Crippen molar-refractivity contribution >= 4 is 27.8 Å². The van der Waals surface area contributed by atoms with Crippen LogP contribution in [-0.4, -0.2) is 28.0 Å². The van der Waals surface area contributed by atoms with Gasteiger partial charge in [-0.25, -0.2) is 4.79 Å². The average molecular weight is 343 g/mol.